The third-order valence-electron chi connectivity index (χ3n) is 4.83. The molecule has 2 aromatic rings. The van der Waals surface area contributed by atoms with Crippen LogP contribution in [0.4, 0.5) is 5.69 Å². The zero-order valence-electron chi connectivity index (χ0n) is 18.2. The van der Waals surface area contributed by atoms with Crippen molar-refractivity contribution in [2.75, 3.05) is 12.4 Å². The summed E-state index contributed by atoms with van der Waals surface area (Å²) in [5, 5.41) is 2.66. The van der Waals surface area contributed by atoms with Crippen LogP contribution in [0.25, 0.3) is 0 Å². The van der Waals surface area contributed by atoms with Crippen molar-refractivity contribution in [2.45, 2.75) is 37.8 Å². The number of hydrogen-bond acceptors (Lipinski definition) is 7. The van der Waals surface area contributed by atoms with Crippen LogP contribution >= 0.6 is 0 Å². The number of aliphatic imine (C=N–C) groups is 1. The number of fused-ring (bicyclic) bond motifs is 1. The summed E-state index contributed by atoms with van der Waals surface area (Å²) in [6, 6.07) is 12.2. The predicted octanol–water partition coefficient (Wildman–Crippen LogP) is 2.33. The molecule has 1 amide bonds. The normalized spacial score (nSPS) is 17.2. The van der Waals surface area contributed by atoms with Crippen molar-refractivity contribution in [1.82, 2.24) is 4.72 Å². The van der Waals surface area contributed by atoms with Gasteiger partial charge in [0.1, 0.15) is 11.6 Å². The minimum Gasteiger partial charge on any atom is -0.495 e. The van der Waals surface area contributed by atoms with Crippen molar-refractivity contribution in [3.63, 3.8) is 0 Å². The summed E-state index contributed by atoms with van der Waals surface area (Å²) in [5.74, 6) is -1.04. The number of hydrogen-bond donors (Lipinski definition) is 2. The van der Waals surface area contributed by atoms with Crippen molar-refractivity contribution >= 4 is 33.4 Å². The molecule has 9 nitrogen and oxygen atoms in total. The Morgan fingerprint density at radius 3 is 2.38 bits per heavy atom. The van der Waals surface area contributed by atoms with E-state index in [1.54, 1.807) is 56.3 Å². The van der Waals surface area contributed by atoms with E-state index in [1.165, 1.54) is 20.1 Å². The molecule has 1 aliphatic heterocycles. The van der Waals surface area contributed by atoms with Crippen molar-refractivity contribution < 1.29 is 27.5 Å². The van der Waals surface area contributed by atoms with E-state index < -0.39 is 34.0 Å². The van der Waals surface area contributed by atoms with Crippen LogP contribution in [0.3, 0.4) is 0 Å². The van der Waals surface area contributed by atoms with E-state index in [1.807, 2.05) is 0 Å². The second-order valence-corrected chi connectivity index (χ2v) is 9.19. The van der Waals surface area contributed by atoms with Gasteiger partial charge >= 0.3 is 5.97 Å². The maximum atomic E-state index is 12.8. The van der Waals surface area contributed by atoms with E-state index in [0.717, 1.165) is 0 Å². The van der Waals surface area contributed by atoms with E-state index in [2.05, 4.69) is 15.0 Å². The van der Waals surface area contributed by atoms with Gasteiger partial charge in [-0.25, -0.2) is 13.2 Å². The first-order valence-electron chi connectivity index (χ1n) is 9.98. The van der Waals surface area contributed by atoms with Crippen LogP contribution in [-0.4, -0.2) is 45.4 Å². The summed E-state index contributed by atoms with van der Waals surface area (Å²) >= 11 is 0. The molecule has 0 saturated heterocycles. The number of carbonyl (C=O) groups is 2. The lowest BCUT2D eigenvalue weighted by Crippen LogP contribution is -2.37. The summed E-state index contributed by atoms with van der Waals surface area (Å²) in [5.41, 5.74) is 0.827. The van der Waals surface area contributed by atoms with Crippen molar-refractivity contribution in [3.8, 4) is 5.75 Å². The number of sulfonamides is 1. The molecular weight excluding hydrogens is 434 g/mol. The molecule has 0 aromatic heterocycles. The Morgan fingerprint density at radius 2 is 1.69 bits per heavy atom. The molecule has 0 radical (unpaired) electrons. The first-order chi connectivity index (χ1) is 15.1. The highest BCUT2D eigenvalue weighted by Gasteiger charge is 2.34. The van der Waals surface area contributed by atoms with E-state index >= 15 is 0 Å². The zero-order chi connectivity index (χ0) is 23.5. The van der Waals surface area contributed by atoms with Crippen LogP contribution in [0.5, 0.6) is 5.75 Å². The van der Waals surface area contributed by atoms with Crippen LogP contribution < -0.4 is 14.8 Å². The molecule has 2 N–H and O–H groups in total. The lowest BCUT2D eigenvalue weighted by atomic mass is 10.0. The summed E-state index contributed by atoms with van der Waals surface area (Å²) in [4.78, 5) is 29.8. The molecule has 0 unspecified atom stereocenters. The zero-order valence-corrected chi connectivity index (χ0v) is 19.0. The van der Waals surface area contributed by atoms with Gasteiger partial charge in [0.25, 0.3) is 15.9 Å². The minimum atomic E-state index is -3.74. The SMILES string of the molecule is COc1ccccc1NC(=O)[C@@H](C)OC(=O)[C@H](N=C1NS(=O)(=O)c2ccccc21)C(C)C. The molecule has 0 spiro atoms. The van der Waals surface area contributed by atoms with Gasteiger partial charge in [-0.2, -0.15) is 0 Å². The molecule has 0 aliphatic carbocycles. The largest absolute Gasteiger partial charge is 0.495 e. The fourth-order valence-corrected chi connectivity index (χ4v) is 4.36. The van der Waals surface area contributed by atoms with Gasteiger partial charge in [-0.1, -0.05) is 38.1 Å². The van der Waals surface area contributed by atoms with E-state index in [0.29, 0.717) is 17.0 Å². The maximum Gasteiger partial charge on any atom is 0.331 e. The number of amidine groups is 1. The van der Waals surface area contributed by atoms with Crippen molar-refractivity contribution in [2.24, 2.45) is 10.9 Å². The molecule has 0 saturated carbocycles. The van der Waals surface area contributed by atoms with Gasteiger partial charge in [-0.15, -0.1) is 0 Å². The number of amides is 1. The smallest absolute Gasteiger partial charge is 0.331 e. The molecular formula is C22H25N3O6S. The number of ether oxygens (including phenoxy) is 2. The van der Waals surface area contributed by atoms with E-state index in [9.17, 15) is 18.0 Å². The molecule has 0 fully saturated rings. The average Bonchev–Trinajstić information content (AvgIpc) is 3.02. The van der Waals surface area contributed by atoms with Gasteiger partial charge in [-0.3, -0.25) is 14.5 Å². The van der Waals surface area contributed by atoms with E-state index in [4.69, 9.17) is 9.47 Å². The highest BCUT2D eigenvalue weighted by Crippen LogP contribution is 2.25. The Balaban J connectivity index is 1.76. The minimum absolute atomic E-state index is 0.0716. The number of rotatable bonds is 7. The summed E-state index contributed by atoms with van der Waals surface area (Å²) in [6.45, 7) is 4.95. The molecule has 2 aromatic carbocycles. The van der Waals surface area contributed by atoms with Gasteiger partial charge in [0.05, 0.1) is 17.7 Å². The molecule has 170 valence electrons. The molecule has 10 heteroatoms. The van der Waals surface area contributed by atoms with Gasteiger partial charge in [0.2, 0.25) is 0 Å². The number of nitrogens with one attached hydrogen (secondary N) is 2. The van der Waals surface area contributed by atoms with Crippen LogP contribution in [0.1, 0.15) is 26.3 Å². The molecule has 2 atom stereocenters. The lowest BCUT2D eigenvalue weighted by molar-refractivity contribution is -0.155. The Kier molecular flexibility index (Phi) is 6.83. The van der Waals surface area contributed by atoms with Crippen LogP contribution in [0, 0.1) is 5.92 Å². The first kappa shape index (κ1) is 23.3. The Bertz CT molecular complexity index is 1160. The quantitative estimate of drug-likeness (QED) is 0.613. The lowest BCUT2D eigenvalue weighted by Gasteiger charge is -2.20. The maximum absolute atomic E-state index is 12.8. The molecule has 3 rings (SSSR count). The number of esters is 1. The molecule has 1 heterocycles. The van der Waals surface area contributed by atoms with Crippen LogP contribution in [0.15, 0.2) is 58.4 Å². The van der Waals surface area contributed by atoms with Gasteiger partial charge in [0.15, 0.2) is 12.1 Å². The average molecular weight is 460 g/mol. The summed E-state index contributed by atoms with van der Waals surface area (Å²) < 4.78 is 37.5. The topological polar surface area (TPSA) is 123 Å². The number of anilines is 1. The third-order valence-corrected chi connectivity index (χ3v) is 6.23. The van der Waals surface area contributed by atoms with Crippen LogP contribution in [-0.2, 0) is 24.3 Å². The fraction of sp³-hybridized carbons (Fsp3) is 0.318. The number of methoxy groups -OCH3 is 1. The molecule has 0 bridgehead atoms. The van der Waals surface area contributed by atoms with Crippen molar-refractivity contribution in [1.29, 1.82) is 0 Å². The molecule has 32 heavy (non-hydrogen) atoms. The predicted molar refractivity (Wildman–Crippen MR) is 119 cm³/mol. The Morgan fingerprint density at radius 1 is 1.03 bits per heavy atom. The first-order valence-corrected chi connectivity index (χ1v) is 11.5. The highest BCUT2D eigenvalue weighted by atomic mass is 32.2. The van der Waals surface area contributed by atoms with Gasteiger partial charge in [0, 0.05) is 5.56 Å². The Hall–Kier alpha value is -3.40. The summed E-state index contributed by atoms with van der Waals surface area (Å²) in [6.07, 6.45) is -1.11. The fourth-order valence-electron chi connectivity index (χ4n) is 3.12. The van der Waals surface area contributed by atoms with Crippen molar-refractivity contribution in [3.05, 3.63) is 54.1 Å². The second-order valence-electron chi connectivity index (χ2n) is 7.54. The van der Waals surface area contributed by atoms with Gasteiger partial charge < -0.3 is 14.8 Å². The second kappa shape index (κ2) is 9.39. The standard InChI is InChI=1S/C22H25N3O6S/c1-13(2)19(24-20-15-9-5-8-12-18(15)32(28,29)25-20)22(27)31-14(3)21(26)23-16-10-6-7-11-17(16)30-4/h5-14,19H,1-4H3,(H,23,26)(H,24,25)/t14-,19-/m1/s1. The number of carbonyl (C=O) groups excluding carboxylic acids is 2. The molecule has 1 aliphatic rings. The van der Waals surface area contributed by atoms with Crippen LogP contribution in [0.2, 0.25) is 0 Å². The van der Waals surface area contributed by atoms with Gasteiger partial charge in [-0.05, 0) is 37.1 Å². The number of benzene rings is 2. The Labute approximate surface area is 186 Å². The monoisotopic (exact) mass is 459 g/mol. The van der Waals surface area contributed by atoms with E-state index in [-0.39, 0.29) is 16.6 Å². The highest BCUT2D eigenvalue weighted by molar-refractivity contribution is 7.90. The number of nitrogens with zero attached hydrogens (tertiary/aromatic N) is 1. The number of para-hydroxylation sites is 2. The summed E-state index contributed by atoms with van der Waals surface area (Å²) in [7, 11) is -2.26. The third kappa shape index (κ3) is 4.91.